The van der Waals surface area contributed by atoms with Crippen LogP contribution in [0, 0.1) is 6.92 Å². The Morgan fingerprint density at radius 3 is 2.68 bits per heavy atom. The van der Waals surface area contributed by atoms with Crippen LogP contribution in [0.2, 0.25) is 0 Å². The number of imidazole rings is 1. The van der Waals surface area contributed by atoms with Crippen molar-refractivity contribution < 1.29 is 0 Å². The normalized spacial score (nSPS) is 11.4. The van der Waals surface area contributed by atoms with Gasteiger partial charge in [0.2, 0.25) is 0 Å². The number of para-hydroxylation sites is 3. The van der Waals surface area contributed by atoms with Crippen LogP contribution in [0.5, 0.6) is 0 Å². The molecule has 3 heteroatoms. The van der Waals surface area contributed by atoms with Crippen LogP contribution in [-0.4, -0.2) is 15.0 Å². The van der Waals surface area contributed by atoms with Crippen molar-refractivity contribution in [3.8, 4) is 11.4 Å². The van der Waals surface area contributed by atoms with Crippen LogP contribution in [0.1, 0.15) is 18.2 Å². The maximum atomic E-state index is 4.83. The summed E-state index contributed by atoms with van der Waals surface area (Å²) in [4.78, 5) is 12.9. The molecular weight excluding hydrogens is 270 g/mol. The third-order valence-corrected chi connectivity index (χ3v) is 4.17. The number of pyridine rings is 1. The lowest BCUT2D eigenvalue weighted by Crippen LogP contribution is -1.94. The van der Waals surface area contributed by atoms with Crippen molar-refractivity contribution in [2.24, 2.45) is 0 Å². The number of benzene rings is 2. The van der Waals surface area contributed by atoms with Gasteiger partial charge >= 0.3 is 0 Å². The Balaban J connectivity index is 1.99. The van der Waals surface area contributed by atoms with Crippen molar-refractivity contribution in [1.82, 2.24) is 15.0 Å². The van der Waals surface area contributed by atoms with Crippen LogP contribution in [0.25, 0.3) is 33.3 Å². The van der Waals surface area contributed by atoms with Gasteiger partial charge in [-0.05, 0) is 43.2 Å². The van der Waals surface area contributed by atoms with Gasteiger partial charge in [-0.2, -0.15) is 0 Å². The molecule has 22 heavy (non-hydrogen) atoms. The first-order valence-corrected chi connectivity index (χ1v) is 7.60. The SMILES string of the molecule is CCc1cc2cccc(-c3nc4ccccc4[nH]3)c2nc1C. The zero-order valence-corrected chi connectivity index (χ0v) is 12.7. The molecule has 4 aromatic rings. The third kappa shape index (κ3) is 1.98. The molecule has 0 bridgehead atoms. The first-order chi connectivity index (χ1) is 10.8. The van der Waals surface area contributed by atoms with Gasteiger partial charge in [0.15, 0.2) is 0 Å². The molecule has 3 nitrogen and oxygen atoms in total. The van der Waals surface area contributed by atoms with E-state index >= 15 is 0 Å². The molecule has 0 spiro atoms. The molecule has 2 heterocycles. The number of fused-ring (bicyclic) bond motifs is 2. The van der Waals surface area contributed by atoms with Gasteiger partial charge in [-0.25, -0.2) is 4.98 Å². The highest BCUT2D eigenvalue weighted by Gasteiger charge is 2.11. The maximum Gasteiger partial charge on any atom is 0.140 e. The Hall–Kier alpha value is -2.68. The smallest absolute Gasteiger partial charge is 0.140 e. The van der Waals surface area contributed by atoms with Gasteiger partial charge < -0.3 is 4.98 Å². The first kappa shape index (κ1) is 13.0. The van der Waals surface area contributed by atoms with E-state index in [-0.39, 0.29) is 0 Å². The zero-order valence-electron chi connectivity index (χ0n) is 12.7. The van der Waals surface area contributed by atoms with E-state index in [0.29, 0.717) is 0 Å². The topological polar surface area (TPSA) is 41.6 Å². The number of rotatable bonds is 2. The summed E-state index contributed by atoms with van der Waals surface area (Å²) in [5, 5.41) is 1.17. The molecule has 2 aromatic carbocycles. The molecule has 0 aliphatic heterocycles. The van der Waals surface area contributed by atoms with Crippen molar-refractivity contribution in [2.75, 3.05) is 0 Å². The second kappa shape index (κ2) is 4.95. The minimum Gasteiger partial charge on any atom is -0.338 e. The van der Waals surface area contributed by atoms with Crippen LogP contribution in [0.3, 0.4) is 0 Å². The van der Waals surface area contributed by atoms with Crippen molar-refractivity contribution >= 4 is 21.9 Å². The van der Waals surface area contributed by atoms with Gasteiger partial charge in [-0.15, -0.1) is 0 Å². The van der Waals surface area contributed by atoms with Crippen molar-refractivity contribution in [3.05, 3.63) is 59.8 Å². The summed E-state index contributed by atoms with van der Waals surface area (Å²) in [6.07, 6.45) is 1.00. The Morgan fingerprint density at radius 1 is 1.00 bits per heavy atom. The van der Waals surface area contributed by atoms with E-state index in [1.165, 1.54) is 10.9 Å². The van der Waals surface area contributed by atoms with Crippen LogP contribution >= 0.6 is 0 Å². The van der Waals surface area contributed by atoms with Gasteiger partial charge in [0.25, 0.3) is 0 Å². The maximum absolute atomic E-state index is 4.83. The molecule has 0 saturated carbocycles. The molecule has 1 N–H and O–H groups in total. The number of hydrogen-bond donors (Lipinski definition) is 1. The van der Waals surface area contributed by atoms with E-state index in [1.54, 1.807) is 0 Å². The molecule has 0 saturated heterocycles. The van der Waals surface area contributed by atoms with Gasteiger partial charge in [0, 0.05) is 16.6 Å². The molecule has 0 amide bonds. The predicted molar refractivity (Wildman–Crippen MR) is 90.9 cm³/mol. The largest absolute Gasteiger partial charge is 0.338 e. The number of nitrogens with zero attached hydrogens (tertiary/aromatic N) is 2. The fourth-order valence-corrected chi connectivity index (χ4v) is 2.96. The second-order valence-corrected chi connectivity index (χ2v) is 5.57. The fourth-order valence-electron chi connectivity index (χ4n) is 2.96. The fraction of sp³-hybridized carbons (Fsp3) is 0.158. The molecule has 4 rings (SSSR count). The average molecular weight is 287 g/mol. The number of aromatic amines is 1. The number of aryl methyl sites for hydroxylation is 2. The number of nitrogens with one attached hydrogen (secondary N) is 1. The molecular formula is C19H17N3. The lowest BCUT2D eigenvalue weighted by molar-refractivity contribution is 1.07. The summed E-state index contributed by atoms with van der Waals surface area (Å²) in [7, 11) is 0. The highest BCUT2D eigenvalue weighted by molar-refractivity contribution is 5.94. The molecule has 0 atom stereocenters. The molecule has 0 radical (unpaired) electrons. The highest BCUT2D eigenvalue weighted by atomic mass is 14.9. The first-order valence-electron chi connectivity index (χ1n) is 7.60. The summed E-state index contributed by atoms with van der Waals surface area (Å²) in [6, 6.07) is 16.6. The highest BCUT2D eigenvalue weighted by Crippen LogP contribution is 2.28. The second-order valence-electron chi connectivity index (χ2n) is 5.57. The van der Waals surface area contributed by atoms with E-state index in [9.17, 15) is 0 Å². The predicted octanol–water partition coefficient (Wildman–Crippen LogP) is 4.65. The Kier molecular flexibility index (Phi) is 2.93. The molecule has 0 fully saturated rings. The van der Waals surface area contributed by atoms with Gasteiger partial charge in [0.1, 0.15) is 5.82 Å². The summed E-state index contributed by atoms with van der Waals surface area (Å²) in [5.74, 6) is 0.878. The third-order valence-electron chi connectivity index (χ3n) is 4.17. The van der Waals surface area contributed by atoms with Gasteiger partial charge in [-0.1, -0.05) is 31.2 Å². The summed E-state index contributed by atoms with van der Waals surface area (Å²) < 4.78 is 0. The Bertz CT molecular complexity index is 949. The lowest BCUT2D eigenvalue weighted by Gasteiger charge is -2.08. The standard InChI is InChI=1S/C19H17N3/c1-3-13-11-14-7-6-8-15(18(14)20-12(13)2)19-21-16-9-4-5-10-17(16)22-19/h4-11H,3H2,1-2H3,(H,21,22). The van der Waals surface area contributed by atoms with Crippen molar-refractivity contribution in [1.29, 1.82) is 0 Å². The van der Waals surface area contributed by atoms with E-state index in [0.717, 1.165) is 40.1 Å². The zero-order chi connectivity index (χ0) is 15.1. The van der Waals surface area contributed by atoms with Crippen LogP contribution in [0.4, 0.5) is 0 Å². The van der Waals surface area contributed by atoms with E-state index < -0.39 is 0 Å². The molecule has 0 aliphatic carbocycles. The van der Waals surface area contributed by atoms with E-state index in [1.807, 2.05) is 24.3 Å². The Morgan fingerprint density at radius 2 is 1.86 bits per heavy atom. The summed E-state index contributed by atoms with van der Waals surface area (Å²) in [6.45, 7) is 4.24. The van der Waals surface area contributed by atoms with E-state index in [2.05, 4.69) is 43.1 Å². The molecule has 0 aliphatic rings. The van der Waals surface area contributed by atoms with Gasteiger partial charge in [0.05, 0.1) is 16.6 Å². The molecule has 0 unspecified atom stereocenters. The molecule has 108 valence electrons. The minimum absolute atomic E-state index is 0.878. The average Bonchev–Trinajstić information content (AvgIpc) is 2.97. The Labute approximate surface area is 129 Å². The van der Waals surface area contributed by atoms with Crippen LogP contribution in [0.15, 0.2) is 48.5 Å². The minimum atomic E-state index is 0.878. The van der Waals surface area contributed by atoms with Crippen LogP contribution < -0.4 is 0 Å². The van der Waals surface area contributed by atoms with Crippen molar-refractivity contribution in [2.45, 2.75) is 20.3 Å². The monoisotopic (exact) mass is 287 g/mol. The number of H-pyrrole nitrogens is 1. The van der Waals surface area contributed by atoms with Crippen molar-refractivity contribution in [3.63, 3.8) is 0 Å². The summed E-state index contributed by atoms with van der Waals surface area (Å²) in [5.41, 5.74) is 6.50. The molecule has 2 aromatic heterocycles. The quantitative estimate of drug-likeness (QED) is 0.583. The number of hydrogen-bond acceptors (Lipinski definition) is 2. The van der Waals surface area contributed by atoms with Crippen LogP contribution in [-0.2, 0) is 6.42 Å². The van der Waals surface area contributed by atoms with E-state index in [4.69, 9.17) is 9.97 Å². The summed E-state index contributed by atoms with van der Waals surface area (Å²) >= 11 is 0. The number of aromatic nitrogens is 3. The van der Waals surface area contributed by atoms with Gasteiger partial charge in [-0.3, -0.25) is 4.98 Å². The lowest BCUT2D eigenvalue weighted by atomic mass is 10.0.